The number of hydrogen-bond acceptors (Lipinski definition) is 5. The molecular weight excluding hydrogens is 270 g/mol. The maximum Gasteiger partial charge on any atom is 0.340 e. The molecule has 3 N–H and O–H groups in total. The van der Waals surface area contributed by atoms with Crippen molar-refractivity contribution in [1.29, 1.82) is 0 Å². The van der Waals surface area contributed by atoms with Crippen LogP contribution in [0.25, 0.3) is 0 Å². The third kappa shape index (κ3) is 3.52. The molecule has 2 aromatic carbocycles. The first-order valence-electron chi connectivity index (χ1n) is 6.59. The lowest BCUT2D eigenvalue weighted by Crippen LogP contribution is -2.08. The SMILES string of the molecule is CCOC(=O)c1cc(Oc2ccccc2CO)ccc1N. The number of rotatable bonds is 5. The molecule has 0 amide bonds. The summed E-state index contributed by atoms with van der Waals surface area (Å²) in [6, 6.07) is 11.9. The van der Waals surface area contributed by atoms with Crippen molar-refractivity contribution < 1.29 is 19.4 Å². The van der Waals surface area contributed by atoms with Crippen LogP contribution >= 0.6 is 0 Å². The predicted octanol–water partition coefficient (Wildman–Crippen LogP) is 2.73. The molecule has 0 saturated carbocycles. The van der Waals surface area contributed by atoms with E-state index in [2.05, 4.69) is 0 Å². The largest absolute Gasteiger partial charge is 0.462 e. The summed E-state index contributed by atoms with van der Waals surface area (Å²) in [5, 5.41) is 9.28. The summed E-state index contributed by atoms with van der Waals surface area (Å²) < 4.78 is 10.6. The zero-order valence-corrected chi connectivity index (χ0v) is 11.7. The summed E-state index contributed by atoms with van der Waals surface area (Å²) in [5.41, 5.74) is 7.02. The molecule has 0 aliphatic heterocycles. The van der Waals surface area contributed by atoms with Crippen LogP contribution < -0.4 is 10.5 Å². The van der Waals surface area contributed by atoms with Crippen LogP contribution in [0.3, 0.4) is 0 Å². The van der Waals surface area contributed by atoms with Gasteiger partial charge in [-0.15, -0.1) is 0 Å². The van der Waals surface area contributed by atoms with Crippen molar-refractivity contribution in [2.24, 2.45) is 0 Å². The Balaban J connectivity index is 2.29. The molecule has 0 unspecified atom stereocenters. The Morgan fingerprint density at radius 2 is 2.00 bits per heavy atom. The Morgan fingerprint density at radius 3 is 2.71 bits per heavy atom. The fourth-order valence-corrected chi connectivity index (χ4v) is 1.85. The van der Waals surface area contributed by atoms with E-state index in [1.165, 1.54) is 6.07 Å². The van der Waals surface area contributed by atoms with Gasteiger partial charge in [0.05, 0.1) is 18.8 Å². The van der Waals surface area contributed by atoms with Gasteiger partial charge in [0.15, 0.2) is 0 Å². The van der Waals surface area contributed by atoms with Crippen LogP contribution in [0.15, 0.2) is 42.5 Å². The second-order valence-electron chi connectivity index (χ2n) is 4.34. The van der Waals surface area contributed by atoms with Gasteiger partial charge in [-0.1, -0.05) is 18.2 Å². The fourth-order valence-electron chi connectivity index (χ4n) is 1.85. The van der Waals surface area contributed by atoms with E-state index in [1.807, 2.05) is 6.07 Å². The summed E-state index contributed by atoms with van der Waals surface area (Å²) in [6.07, 6.45) is 0. The van der Waals surface area contributed by atoms with Crippen LogP contribution in [0.2, 0.25) is 0 Å². The van der Waals surface area contributed by atoms with Gasteiger partial charge in [0, 0.05) is 11.3 Å². The standard InChI is InChI=1S/C16H17NO4/c1-2-20-16(19)13-9-12(7-8-14(13)17)21-15-6-4-3-5-11(15)10-18/h3-9,18H,2,10,17H2,1H3. The molecule has 0 spiro atoms. The topological polar surface area (TPSA) is 81.8 Å². The minimum Gasteiger partial charge on any atom is -0.462 e. The van der Waals surface area contributed by atoms with E-state index in [9.17, 15) is 9.90 Å². The Morgan fingerprint density at radius 1 is 1.24 bits per heavy atom. The molecule has 2 aromatic rings. The van der Waals surface area contributed by atoms with Gasteiger partial charge in [0.2, 0.25) is 0 Å². The van der Waals surface area contributed by atoms with E-state index >= 15 is 0 Å². The average Bonchev–Trinajstić information content (AvgIpc) is 2.50. The second kappa shape index (κ2) is 6.76. The lowest BCUT2D eigenvalue weighted by molar-refractivity contribution is 0.0527. The van der Waals surface area contributed by atoms with Gasteiger partial charge in [-0.3, -0.25) is 0 Å². The van der Waals surface area contributed by atoms with Crippen molar-refractivity contribution in [3.63, 3.8) is 0 Å². The number of nitrogens with two attached hydrogens (primary N) is 1. The van der Waals surface area contributed by atoms with Crippen LogP contribution in [-0.4, -0.2) is 17.7 Å². The fraction of sp³-hybridized carbons (Fsp3) is 0.188. The Bertz CT molecular complexity index is 640. The van der Waals surface area contributed by atoms with Crippen molar-refractivity contribution >= 4 is 11.7 Å². The number of para-hydroxylation sites is 1. The molecule has 0 aromatic heterocycles. The predicted molar refractivity (Wildman–Crippen MR) is 79.2 cm³/mol. The lowest BCUT2D eigenvalue weighted by atomic mass is 10.1. The highest BCUT2D eigenvalue weighted by Gasteiger charge is 2.13. The van der Waals surface area contributed by atoms with Gasteiger partial charge >= 0.3 is 5.97 Å². The molecule has 0 atom stereocenters. The maximum absolute atomic E-state index is 11.8. The van der Waals surface area contributed by atoms with E-state index in [0.717, 1.165) is 0 Å². The molecule has 0 fully saturated rings. The van der Waals surface area contributed by atoms with Crippen LogP contribution in [0.4, 0.5) is 5.69 Å². The van der Waals surface area contributed by atoms with Crippen molar-refractivity contribution in [2.75, 3.05) is 12.3 Å². The minimum absolute atomic E-state index is 0.129. The zero-order chi connectivity index (χ0) is 15.2. The normalized spacial score (nSPS) is 10.2. The minimum atomic E-state index is -0.490. The number of carbonyl (C=O) groups is 1. The number of anilines is 1. The molecular formula is C16H17NO4. The number of carbonyl (C=O) groups excluding carboxylic acids is 1. The van der Waals surface area contributed by atoms with Gasteiger partial charge in [-0.25, -0.2) is 4.79 Å². The molecule has 0 radical (unpaired) electrons. The van der Waals surface area contributed by atoms with E-state index in [0.29, 0.717) is 22.7 Å². The third-order valence-corrected chi connectivity index (χ3v) is 2.89. The summed E-state index contributed by atoms with van der Waals surface area (Å²) in [5.74, 6) is 0.489. The lowest BCUT2D eigenvalue weighted by Gasteiger charge is -2.11. The summed E-state index contributed by atoms with van der Waals surface area (Å²) >= 11 is 0. The third-order valence-electron chi connectivity index (χ3n) is 2.89. The summed E-state index contributed by atoms with van der Waals surface area (Å²) in [4.78, 5) is 11.8. The van der Waals surface area contributed by atoms with E-state index < -0.39 is 5.97 Å². The molecule has 21 heavy (non-hydrogen) atoms. The van der Waals surface area contributed by atoms with Crippen LogP contribution in [0, 0.1) is 0 Å². The first-order chi connectivity index (χ1) is 10.2. The van der Waals surface area contributed by atoms with Gasteiger partial charge in [0.1, 0.15) is 11.5 Å². The number of hydrogen-bond donors (Lipinski definition) is 2. The molecule has 0 saturated heterocycles. The zero-order valence-electron chi connectivity index (χ0n) is 11.7. The van der Waals surface area contributed by atoms with Gasteiger partial charge in [-0.05, 0) is 31.2 Å². The number of nitrogen functional groups attached to an aromatic ring is 1. The number of ether oxygens (including phenoxy) is 2. The molecule has 0 heterocycles. The molecule has 5 heteroatoms. The monoisotopic (exact) mass is 287 g/mol. The molecule has 0 aliphatic rings. The van der Waals surface area contributed by atoms with Gasteiger partial charge in [-0.2, -0.15) is 0 Å². The second-order valence-corrected chi connectivity index (χ2v) is 4.34. The van der Waals surface area contributed by atoms with E-state index in [1.54, 1.807) is 37.3 Å². The smallest absolute Gasteiger partial charge is 0.340 e. The Labute approximate surface area is 122 Å². The highest BCUT2D eigenvalue weighted by molar-refractivity contribution is 5.95. The highest BCUT2D eigenvalue weighted by atomic mass is 16.5. The van der Waals surface area contributed by atoms with Crippen LogP contribution in [-0.2, 0) is 11.3 Å². The van der Waals surface area contributed by atoms with E-state index in [-0.39, 0.29) is 18.8 Å². The van der Waals surface area contributed by atoms with Crippen molar-refractivity contribution in [3.8, 4) is 11.5 Å². The Hall–Kier alpha value is -2.53. The first kappa shape index (κ1) is 14.9. The Kier molecular flexibility index (Phi) is 4.79. The first-order valence-corrected chi connectivity index (χ1v) is 6.59. The summed E-state index contributed by atoms with van der Waals surface area (Å²) in [6.45, 7) is 1.87. The number of aliphatic hydroxyl groups is 1. The van der Waals surface area contributed by atoms with Gasteiger partial charge < -0.3 is 20.3 Å². The van der Waals surface area contributed by atoms with Crippen LogP contribution in [0.1, 0.15) is 22.8 Å². The average molecular weight is 287 g/mol. The summed E-state index contributed by atoms with van der Waals surface area (Å²) in [7, 11) is 0. The number of esters is 1. The van der Waals surface area contributed by atoms with Crippen LogP contribution in [0.5, 0.6) is 11.5 Å². The molecule has 5 nitrogen and oxygen atoms in total. The highest BCUT2D eigenvalue weighted by Crippen LogP contribution is 2.28. The molecule has 0 bridgehead atoms. The van der Waals surface area contributed by atoms with Crippen molar-refractivity contribution in [3.05, 3.63) is 53.6 Å². The molecule has 110 valence electrons. The number of benzene rings is 2. The van der Waals surface area contributed by atoms with Gasteiger partial charge in [0.25, 0.3) is 0 Å². The maximum atomic E-state index is 11.8. The quantitative estimate of drug-likeness (QED) is 0.652. The van der Waals surface area contributed by atoms with Crippen molar-refractivity contribution in [1.82, 2.24) is 0 Å². The van der Waals surface area contributed by atoms with Crippen molar-refractivity contribution in [2.45, 2.75) is 13.5 Å². The van der Waals surface area contributed by atoms with E-state index in [4.69, 9.17) is 15.2 Å². The number of aliphatic hydroxyl groups excluding tert-OH is 1. The molecule has 0 aliphatic carbocycles. The molecule has 2 rings (SSSR count).